The molecule has 4 aliphatic rings. The predicted octanol–water partition coefficient (Wildman–Crippen LogP) is 2.41. The third-order valence-electron chi connectivity index (χ3n) is 7.96. The number of rotatable bonds is 1. The molecule has 2 N–H and O–H groups in total. The smallest absolute Gasteiger partial charge is 0.313 e. The van der Waals surface area contributed by atoms with Crippen molar-refractivity contribution < 1.29 is 28.9 Å². The first-order chi connectivity index (χ1) is 12.5. The number of fused-ring (bicyclic) bond motifs is 1. The van der Waals surface area contributed by atoms with Crippen molar-refractivity contribution in [3.63, 3.8) is 0 Å². The third kappa shape index (κ3) is 1.90. The number of aliphatic hydroxyl groups excluding tert-OH is 2. The van der Waals surface area contributed by atoms with E-state index >= 15 is 0 Å². The van der Waals surface area contributed by atoms with Crippen LogP contribution in [0.15, 0.2) is 23.0 Å². The van der Waals surface area contributed by atoms with Crippen LogP contribution in [0.3, 0.4) is 0 Å². The van der Waals surface area contributed by atoms with Crippen LogP contribution in [0.25, 0.3) is 0 Å². The van der Waals surface area contributed by atoms with E-state index in [1.807, 2.05) is 6.07 Å². The number of furan rings is 1. The Bertz CT molecular complexity index is 701. The Morgan fingerprint density at radius 3 is 2.88 bits per heavy atom. The summed E-state index contributed by atoms with van der Waals surface area (Å²) in [5, 5.41) is 21.5. The molecule has 142 valence electrons. The Labute approximate surface area is 152 Å². The second-order valence-electron chi connectivity index (χ2n) is 8.75. The lowest BCUT2D eigenvalue weighted by Gasteiger charge is -2.59. The molecule has 8 atom stereocenters. The molecule has 0 bridgehead atoms. The second kappa shape index (κ2) is 5.57. The van der Waals surface area contributed by atoms with Crippen LogP contribution >= 0.6 is 0 Å². The Morgan fingerprint density at radius 2 is 2.12 bits per heavy atom. The molecule has 0 unspecified atom stereocenters. The summed E-state index contributed by atoms with van der Waals surface area (Å²) >= 11 is 0. The summed E-state index contributed by atoms with van der Waals surface area (Å²) in [5.74, 6) is -0.279. The molecule has 3 heterocycles. The van der Waals surface area contributed by atoms with Crippen molar-refractivity contribution in [2.45, 2.75) is 57.5 Å². The van der Waals surface area contributed by atoms with E-state index in [0.717, 1.165) is 24.8 Å². The molecule has 1 aromatic rings. The van der Waals surface area contributed by atoms with Gasteiger partial charge in [-0.05, 0) is 37.2 Å². The SMILES string of the molecule is C[C@H]1C[C@@H](O)[C@@]23CO[C@@H](O)[C@@H]2CCC[C@@H]3[C@]12C[C@@H](c1ccoc1)OC2=O. The highest BCUT2D eigenvalue weighted by molar-refractivity contribution is 5.80. The fourth-order valence-electron chi connectivity index (χ4n) is 6.72. The van der Waals surface area contributed by atoms with Gasteiger partial charge < -0.3 is 24.1 Å². The summed E-state index contributed by atoms with van der Waals surface area (Å²) in [7, 11) is 0. The van der Waals surface area contributed by atoms with Gasteiger partial charge in [-0.2, -0.15) is 0 Å². The van der Waals surface area contributed by atoms with Crippen LogP contribution in [-0.2, 0) is 14.3 Å². The van der Waals surface area contributed by atoms with Gasteiger partial charge in [0.1, 0.15) is 6.10 Å². The molecule has 0 radical (unpaired) electrons. The van der Waals surface area contributed by atoms with Gasteiger partial charge >= 0.3 is 5.97 Å². The molecule has 26 heavy (non-hydrogen) atoms. The van der Waals surface area contributed by atoms with Crippen molar-refractivity contribution in [2.75, 3.05) is 6.61 Å². The molecular formula is C20H26O6. The van der Waals surface area contributed by atoms with Gasteiger partial charge in [-0.1, -0.05) is 13.3 Å². The zero-order chi connectivity index (χ0) is 18.1. The average molecular weight is 362 g/mol. The Balaban J connectivity index is 1.59. The fraction of sp³-hybridized carbons (Fsp3) is 0.750. The van der Waals surface area contributed by atoms with Gasteiger partial charge in [-0.25, -0.2) is 0 Å². The summed E-state index contributed by atoms with van der Waals surface area (Å²) in [6, 6.07) is 1.85. The Morgan fingerprint density at radius 1 is 1.27 bits per heavy atom. The summed E-state index contributed by atoms with van der Waals surface area (Å²) in [5.41, 5.74) is -0.292. The minimum Gasteiger partial charge on any atom is -0.472 e. The van der Waals surface area contributed by atoms with Crippen LogP contribution in [0.5, 0.6) is 0 Å². The molecule has 2 aliphatic carbocycles. The zero-order valence-corrected chi connectivity index (χ0v) is 15.0. The highest BCUT2D eigenvalue weighted by Gasteiger charge is 2.72. The van der Waals surface area contributed by atoms with Crippen molar-refractivity contribution in [1.29, 1.82) is 0 Å². The number of ether oxygens (including phenoxy) is 2. The number of esters is 1. The molecule has 4 fully saturated rings. The Hall–Kier alpha value is -1.37. The van der Waals surface area contributed by atoms with Crippen molar-refractivity contribution in [2.24, 2.45) is 28.6 Å². The lowest BCUT2D eigenvalue weighted by molar-refractivity contribution is -0.194. The van der Waals surface area contributed by atoms with Crippen LogP contribution in [-0.4, -0.2) is 35.2 Å². The second-order valence-corrected chi connectivity index (χ2v) is 8.75. The van der Waals surface area contributed by atoms with Gasteiger partial charge in [0.25, 0.3) is 0 Å². The molecule has 1 aromatic heterocycles. The van der Waals surface area contributed by atoms with Crippen molar-refractivity contribution in [3.8, 4) is 0 Å². The van der Waals surface area contributed by atoms with E-state index < -0.39 is 23.2 Å². The van der Waals surface area contributed by atoms with E-state index in [9.17, 15) is 15.0 Å². The first-order valence-corrected chi connectivity index (χ1v) is 9.71. The predicted molar refractivity (Wildman–Crippen MR) is 89.6 cm³/mol. The van der Waals surface area contributed by atoms with Gasteiger partial charge in [-0.3, -0.25) is 4.79 Å². The molecule has 2 saturated carbocycles. The molecule has 2 aliphatic heterocycles. The highest BCUT2D eigenvalue weighted by Crippen LogP contribution is 2.68. The number of aliphatic hydroxyl groups is 2. The normalized spacial score (nSPS) is 50.5. The number of cyclic esters (lactones) is 1. The quantitative estimate of drug-likeness (QED) is 0.746. The molecular weight excluding hydrogens is 336 g/mol. The number of hydrogen-bond acceptors (Lipinski definition) is 6. The van der Waals surface area contributed by atoms with E-state index in [1.54, 1.807) is 12.5 Å². The largest absolute Gasteiger partial charge is 0.472 e. The summed E-state index contributed by atoms with van der Waals surface area (Å²) in [6.45, 7) is 2.38. The maximum absolute atomic E-state index is 13.3. The average Bonchev–Trinajstić information content (AvgIpc) is 3.33. The van der Waals surface area contributed by atoms with Crippen molar-refractivity contribution in [3.05, 3.63) is 24.2 Å². The summed E-state index contributed by atoms with van der Waals surface area (Å²) < 4.78 is 16.7. The van der Waals surface area contributed by atoms with E-state index in [4.69, 9.17) is 13.9 Å². The van der Waals surface area contributed by atoms with Crippen molar-refractivity contribution >= 4 is 5.97 Å². The number of hydrogen-bond donors (Lipinski definition) is 2. The molecule has 0 amide bonds. The Kier molecular flexibility index (Phi) is 3.59. The minimum atomic E-state index is -0.847. The first kappa shape index (κ1) is 16.8. The maximum Gasteiger partial charge on any atom is 0.313 e. The van der Waals surface area contributed by atoms with E-state index in [1.165, 1.54) is 0 Å². The van der Waals surface area contributed by atoms with E-state index in [0.29, 0.717) is 19.4 Å². The van der Waals surface area contributed by atoms with Gasteiger partial charge in [-0.15, -0.1) is 0 Å². The van der Waals surface area contributed by atoms with Gasteiger partial charge in [0, 0.05) is 23.3 Å². The minimum absolute atomic E-state index is 0.0222. The fourth-order valence-corrected chi connectivity index (χ4v) is 6.72. The monoisotopic (exact) mass is 362 g/mol. The lowest BCUT2D eigenvalue weighted by atomic mass is 9.43. The molecule has 5 rings (SSSR count). The van der Waals surface area contributed by atoms with E-state index in [-0.39, 0.29) is 29.8 Å². The van der Waals surface area contributed by atoms with Gasteiger partial charge in [0.05, 0.1) is 30.7 Å². The third-order valence-corrected chi connectivity index (χ3v) is 7.96. The van der Waals surface area contributed by atoms with Gasteiger partial charge in [0.2, 0.25) is 0 Å². The number of carbonyl (C=O) groups is 1. The molecule has 6 nitrogen and oxygen atoms in total. The van der Waals surface area contributed by atoms with Crippen LogP contribution in [0.2, 0.25) is 0 Å². The summed E-state index contributed by atoms with van der Waals surface area (Å²) in [6.07, 6.45) is 5.30. The first-order valence-electron chi connectivity index (χ1n) is 9.71. The van der Waals surface area contributed by atoms with Crippen LogP contribution < -0.4 is 0 Å². The standard InChI is InChI=1S/C20H26O6/c1-11-7-16(21)20-10-25-17(22)13(20)3-2-4-15(20)19(11)8-14(26-18(19)23)12-5-6-24-9-12/h5-6,9,11,13-17,21-22H,2-4,7-8,10H2,1H3/t11-,13-,14-,15+,16+,17+,19-,20-/m0/s1. The van der Waals surface area contributed by atoms with Crippen molar-refractivity contribution in [1.82, 2.24) is 0 Å². The maximum atomic E-state index is 13.3. The zero-order valence-electron chi connectivity index (χ0n) is 15.0. The topological polar surface area (TPSA) is 89.1 Å². The molecule has 0 aromatic carbocycles. The lowest BCUT2D eigenvalue weighted by Crippen LogP contribution is -2.63. The van der Waals surface area contributed by atoms with E-state index in [2.05, 4.69) is 6.92 Å². The molecule has 2 saturated heterocycles. The number of carbonyl (C=O) groups excluding carboxylic acids is 1. The molecule has 6 heteroatoms. The van der Waals surface area contributed by atoms with Gasteiger partial charge in [0.15, 0.2) is 6.29 Å². The highest BCUT2D eigenvalue weighted by atomic mass is 16.6. The summed E-state index contributed by atoms with van der Waals surface area (Å²) in [4.78, 5) is 13.3. The van der Waals surface area contributed by atoms with Crippen LogP contribution in [0, 0.1) is 28.6 Å². The van der Waals surface area contributed by atoms with Crippen LogP contribution in [0.1, 0.15) is 50.7 Å². The van der Waals surface area contributed by atoms with Crippen LogP contribution in [0.4, 0.5) is 0 Å². The molecule has 2 spiro atoms.